The number of hydrogen-bond acceptors (Lipinski definition) is 2. The van der Waals surface area contributed by atoms with Gasteiger partial charge in [0.1, 0.15) is 11.2 Å². The second-order valence-corrected chi connectivity index (χ2v) is 21.2. The van der Waals surface area contributed by atoms with Gasteiger partial charge in [-0.05, 0) is 165 Å². The lowest BCUT2D eigenvalue weighted by Gasteiger charge is -2.26. The smallest absolute Gasteiger partial charge is 0.143 e. The Morgan fingerprint density at radius 1 is 0.392 bits per heavy atom. The van der Waals surface area contributed by atoms with Crippen molar-refractivity contribution >= 4 is 83.1 Å². The molecule has 15 rings (SSSR count). The van der Waals surface area contributed by atoms with Crippen LogP contribution in [0.15, 0.2) is 271 Å². The van der Waals surface area contributed by atoms with E-state index in [4.69, 9.17) is 4.42 Å². The van der Waals surface area contributed by atoms with E-state index >= 15 is 0 Å². The molecule has 3 aliphatic rings. The summed E-state index contributed by atoms with van der Waals surface area (Å²) in [5.41, 5.74) is 25.3. The normalized spacial score (nSPS) is 14.3. The topological polar surface area (TPSA) is 21.3 Å². The zero-order chi connectivity index (χ0) is 52.2. The third-order valence-electron chi connectivity index (χ3n) is 16.6. The van der Waals surface area contributed by atoms with E-state index in [1.807, 2.05) is 6.07 Å². The quantitative estimate of drug-likeness (QED) is 0.136. The molecule has 3 heteroatoms. The van der Waals surface area contributed by atoms with Crippen LogP contribution in [0.2, 0.25) is 0 Å². The van der Waals surface area contributed by atoms with Gasteiger partial charge in [-0.3, -0.25) is 0 Å². The van der Waals surface area contributed by atoms with Crippen molar-refractivity contribution in [2.45, 2.75) is 38.5 Å². The molecular formula is C76H56N2O. The molecule has 0 atom stereocenters. The van der Waals surface area contributed by atoms with Crippen LogP contribution >= 0.6 is 0 Å². The first-order chi connectivity index (χ1) is 39.2. The molecule has 0 aliphatic heterocycles. The zero-order valence-corrected chi connectivity index (χ0v) is 43.9. The fraction of sp³-hybridized carbons (Fsp3) is 0.0789. The summed E-state index contributed by atoms with van der Waals surface area (Å²) >= 11 is 0. The number of aromatic nitrogens is 1. The van der Waals surface area contributed by atoms with Gasteiger partial charge in [0.05, 0.1) is 5.52 Å². The molecule has 376 valence electrons. The molecule has 0 unspecified atom stereocenters. The maximum Gasteiger partial charge on any atom is 0.143 e. The van der Waals surface area contributed by atoms with E-state index < -0.39 is 0 Å². The number of hydrogen-bond donors (Lipinski definition) is 0. The summed E-state index contributed by atoms with van der Waals surface area (Å²) in [4.78, 5) is 2.37. The largest absolute Gasteiger partial charge is 0.455 e. The summed E-state index contributed by atoms with van der Waals surface area (Å²) < 4.78 is 9.10. The summed E-state index contributed by atoms with van der Waals surface area (Å²) in [5.74, 6) is 0. The number of allylic oxidation sites excluding steroid dienone is 9. The van der Waals surface area contributed by atoms with Crippen molar-refractivity contribution in [3.8, 4) is 33.4 Å². The summed E-state index contributed by atoms with van der Waals surface area (Å²) in [6, 6.07) is 84.7. The van der Waals surface area contributed by atoms with E-state index in [2.05, 4.69) is 270 Å². The number of rotatable bonds is 10. The second-order valence-electron chi connectivity index (χ2n) is 21.2. The fourth-order valence-electron chi connectivity index (χ4n) is 12.9. The molecule has 0 saturated carbocycles. The Bertz CT molecular complexity index is 4480. The highest BCUT2D eigenvalue weighted by molar-refractivity contribution is 6.13. The maximum absolute atomic E-state index is 6.47. The van der Waals surface area contributed by atoms with Crippen molar-refractivity contribution in [1.82, 2.24) is 4.57 Å². The second kappa shape index (κ2) is 19.7. The first-order valence-electron chi connectivity index (χ1n) is 28.0. The third kappa shape index (κ3) is 8.20. The lowest BCUT2D eigenvalue weighted by atomic mass is 9.85. The number of fused-ring (bicyclic) bond motifs is 7. The maximum atomic E-state index is 6.47. The number of benzene rings is 10. The Kier molecular flexibility index (Phi) is 11.6. The van der Waals surface area contributed by atoms with Crippen molar-refractivity contribution in [1.29, 1.82) is 0 Å². The monoisotopic (exact) mass is 1010 g/mol. The van der Waals surface area contributed by atoms with Crippen molar-refractivity contribution in [3.05, 3.63) is 295 Å². The van der Waals surface area contributed by atoms with Gasteiger partial charge in [-0.25, -0.2) is 0 Å². The predicted octanol–water partition coefficient (Wildman–Crippen LogP) is 21.0. The Balaban J connectivity index is 0.788. The van der Waals surface area contributed by atoms with Crippen LogP contribution in [0.3, 0.4) is 0 Å². The Morgan fingerprint density at radius 2 is 0.987 bits per heavy atom. The van der Waals surface area contributed by atoms with Gasteiger partial charge in [-0.1, -0.05) is 212 Å². The molecule has 2 aromatic heterocycles. The summed E-state index contributed by atoms with van der Waals surface area (Å²) in [6.45, 7) is 0. The van der Waals surface area contributed by atoms with Crippen LogP contribution < -0.4 is 4.90 Å². The van der Waals surface area contributed by atoms with Crippen LogP contribution in [-0.2, 0) is 6.42 Å². The third-order valence-corrected chi connectivity index (χ3v) is 16.6. The fourth-order valence-corrected chi connectivity index (χ4v) is 12.9. The van der Waals surface area contributed by atoms with Crippen molar-refractivity contribution in [2.75, 3.05) is 4.90 Å². The van der Waals surface area contributed by atoms with Crippen LogP contribution in [0, 0.1) is 0 Å². The van der Waals surface area contributed by atoms with E-state index in [9.17, 15) is 0 Å². The van der Waals surface area contributed by atoms with Gasteiger partial charge >= 0.3 is 0 Å². The minimum absolute atomic E-state index is 0.908. The van der Waals surface area contributed by atoms with Crippen LogP contribution in [0.1, 0.15) is 60.1 Å². The number of nitrogens with zero attached hydrogens (tertiary/aromatic N) is 2. The average molecular weight is 1010 g/mol. The SMILES string of the molecule is C1=CC(c2ccc(N(c3ccc(-c4ccc(C5=C(n6c7c(c8c(-c9ccccc9)cccc86)C(c6cccc8ccccc68)=CCC7)C=CCC5)cc4)cc3)c3ccc(-c4cccc5c4oc4ccccc45)cc3)cc2)=CCC1. The lowest BCUT2D eigenvalue weighted by Crippen LogP contribution is -2.10. The highest BCUT2D eigenvalue weighted by atomic mass is 16.3. The highest BCUT2D eigenvalue weighted by Gasteiger charge is 2.29. The van der Waals surface area contributed by atoms with Crippen LogP contribution in [-0.4, -0.2) is 4.57 Å². The Morgan fingerprint density at radius 3 is 1.76 bits per heavy atom. The lowest BCUT2D eigenvalue weighted by molar-refractivity contribution is 0.670. The van der Waals surface area contributed by atoms with Gasteiger partial charge < -0.3 is 13.9 Å². The molecule has 12 aromatic rings. The van der Waals surface area contributed by atoms with Crippen molar-refractivity contribution in [3.63, 3.8) is 0 Å². The van der Waals surface area contributed by atoms with Gasteiger partial charge in [0, 0.05) is 55.7 Å². The zero-order valence-electron chi connectivity index (χ0n) is 43.9. The molecule has 0 saturated heterocycles. The van der Waals surface area contributed by atoms with Crippen LogP contribution in [0.5, 0.6) is 0 Å². The molecule has 0 spiro atoms. The van der Waals surface area contributed by atoms with Crippen LogP contribution in [0.4, 0.5) is 17.1 Å². The molecule has 0 bridgehead atoms. The predicted molar refractivity (Wildman–Crippen MR) is 334 cm³/mol. The molecule has 10 aromatic carbocycles. The minimum Gasteiger partial charge on any atom is -0.455 e. The van der Waals surface area contributed by atoms with E-state index in [-0.39, 0.29) is 0 Å². The Hall–Kier alpha value is -9.70. The van der Waals surface area contributed by atoms with Gasteiger partial charge in [0.15, 0.2) is 0 Å². The first kappa shape index (κ1) is 46.6. The molecule has 3 nitrogen and oxygen atoms in total. The Labute approximate surface area is 461 Å². The van der Waals surface area contributed by atoms with Crippen molar-refractivity contribution in [2.24, 2.45) is 0 Å². The first-order valence-corrected chi connectivity index (χ1v) is 28.0. The average Bonchev–Trinajstić information content (AvgIpc) is 4.31. The molecule has 3 aliphatic carbocycles. The van der Waals surface area contributed by atoms with E-state index in [0.717, 1.165) is 88.7 Å². The molecular weight excluding hydrogens is 957 g/mol. The molecule has 2 heterocycles. The molecule has 0 N–H and O–H groups in total. The molecule has 0 amide bonds. The van der Waals surface area contributed by atoms with Crippen LogP contribution in [0.25, 0.3) is 99.4 Å². The standard InChI is InChI=1S/C76H56N2O/c1-3-17-51(18-4-1)53-39-45-59(46-40-53)77(61-49-43-58(44-50-61)65-27-14-30-69-67-25-10-12-34-73(67)79-76(65)69)60-47-41-54(42-48-60)52-35-37-57(38-36-52)63-24-9-11-31-70(63)78-71-32-15-26-64(56-19-5-2-6-20-56)74(71)75-68(29-16-33-72(75)78)66-28-13-22-55-21-7-8-23-62(55)66/h2-3,5-8,10-15,17-23,25-32,34-50H,1,4,9,16,24,33H2. The van der Waals surface area contributed by atoms with E-state index in [0.29, 0.717) is 0 Å². The number of para-hydroxylation sites is 2. The molecule has 79 heavy (non-hydrogen) atoms. The van der Waals surface area contributed by atoms with Crippen molar-refractivity contribution < 1.29 is 4.42 Å². The van der Waals surface area contributed by atoms with E-state index in [1.54, 1.807) is 0 Å². The van der Waals surface area contributed by atoms with Gasteiger partial charge in [-0.15, -0.1) is 0 Å². The number of furan rings is 1. The summed E-state index contributed by atoms with van der Waals surface area (Å²) in [5, 5.41) is 6.16. The summed E-state index contributed by atoms with van der Waals surface area (Å²) in [7, 11) is 0. The van der Waals surface area contributed by atoms with Gasteiger partial charge in [0.25, 0.3) is 0 Å². The molecule has 0 fully saturated rings. The van der Waals surface area contributed by atoms with Gasteiger partial charge in [-0.2, -0.15) is 0 Å². The number of anilines is 3. The minimum atomic E-state index is 0.908. The summed E-state index contributed by atoms with van der Waals surface area (Å²) in [6.07, 6.45) is 20.3. The van der Waals surface area contributed by atoms with Gasteiger partial charge in [0.2, 0.25) is 0 Å². The van der Waals surface area contributed by atoms with E-state index in [1.165, 1.54) is 94.3 Å². The molecule has 0 radical (unpaired) electrons. The highest BCUT2D eigenvalue weighted by Crippen LogP contribution is 2.48.